The Hall–Kier alpha value is -4.26. The number of carboxylic acids is 2. The van der Waals surface area contributed by atoms with Crippen LogP contribution in [0.5, 0.6) is 0 Å². The first kappa shape index (κ1) is 27.3. The minimum atomic E-state index is -0.811. The van der Waals surface area contributed by atoms with E-state index in [2.05, 4.69) is 0 Å². The second-order valence-corrected chi connectivity index (χ2v) is 10.3. The van der Waals surface area contributed by atoms with Crippen LogP contribution in [0.3, 0.4) is 0 Å². The fourth-order valence-corrected chi connectivity index (χ4v) is 6.06. The van der Waals surface area contributed by atoms with E-state index >= 15 is 0 Å². The number of rotatable bonds is 6. The van der Waals surface area contributed by atoms with Gasteiger partial charge in [-0.25, -0.2) is 0 Å². The molecule has 40 heavy (non-hydrogen) atoms. The van der Waals surface area contributed by atoms with E-state index in [0.717, 1.165) is 33.4 Å². The van der Waals surface area contributed by atoms with Gasteiger partial charge in [-0.1, -0.05) is 109 Å². The van der Waals surface area contributed by atoms with Gasteiger partial charge in [-0.3, -0.25) is 9.59 Å². The van der Waals surface area contributed by atoms with Gasteiger partial charge in [-0.05, 0) is 33.4 Å². The van der Waals surface area contributed by atoms with E-state index in [0.29, 0.717) is 26.4 Å². The van der Waals surface area contributed by atoms with Crippen molar-refractivity contribution >= 4 is 11.9 Å². The SMILES string of the molecule is O=C(O)CC1(c2ccccc2)COCc2ccccc21.O=C(O)C[C@]1(c2ccccc2)COCc2ccccc21. The molecule has 0 spiro atoms. The highest BCUT2D eigenvalue weighted by Gasteiger charge is 2.42. The van der Waals surface area contributed by atoms with Gasteiger partial charge in [-0.15, -0.1) is 0 Å². The molecule has 204 valence electrons. The molecule has 2 N–H and O–H groups in total. The predicted molar refractivity (Wildman–Crippen MR) is 151 cm³/mol. The second-order valence-electron chi connectivity index (χ2n) is 10.3. The number of ether oxygens (including phenoxy) is 2. The van der Waals surface area contributed by atoms with E-state index in [1.54, 1.807) is 0 Å². The maximum absolute atomic E-state index is 11.4. The van der Waals surface area contributed by atoms with Crippen molar-refractivity contribution < 1.29 is 29.3 Å². The maximum Gasteiger partial charge on any atom is 0.304 e. The molecule has 0 fully saturated rings. The summed E-state index contributed by atoms with van der Waals surface area (Å²) in [6, 6.07) is 35.5. The van der Waals surface area contributed by atoms with Crippen molar-refractivity contribution in [2.24, 2.45) is 0 Å². The molecule has 2 aliphatic rings. The van der Waals surface area contributed by atoms with Crippen molar-refractivity contribution in [3.8, 4) is 0 Å². The molecular formula is C34H32O6. The third-order valence-corrected chi connectivity index (χ3v) is 7.84. The van der Waals surface area contributed by atoms with Crippen LogP contribution in [0.25, 0.3) is 0 Å². The molecule has 0 radical (unpaired) electrons. The smallest absolute Gasteiger partial charge is 0.304 e. The molecule has 4 aromatic rings. The van der Waals surface area contributed by atoms with Crippen LogP contribution in [0.2, 0.25) is 0 Å². The Morgan fingerprint density at radius 2 is 0.900 bits per heavy atom. The lowest BCUT2D eigenvalue weighted by atomic mass is 9.70. The van der Waals surface area contributed by atoms with Gasteiger partial charge in [0.1, 0.15) is 0 Å². The summed E-state index contributed by atoms with van der Waals surface area (Å²) >= 11 is 0. The molecule has 6 nitrogen and oxygen atoms in total. The molecule has 0 amide bonds. The Balaban J connectivity index is 0.000000161. The van der Waals surface area contributed by atoms with Crippen molar-refractivity contribution in [1.29, 1.82) is 0 Å². The molecule has 6 rings (SSSR count). The van der Waals surface area contributed by atoms with Crippen LogP contribution >= 0.6 is 0 Å². The molecule has 0 bridgehead atoms. The van der Waals surface area contributed by atoms with E-state index in [-0.39, 0.29) is 12.8 Å². The third kappa shape index (κ3) is 5.41. The summed E-state index contributed by atoms with van der Waals surface area (Å²) in [4.78, 5) is 22.8. The average molecular weight is 537 g/mol. The van der Waals surface area contributed by atoms with Gasteiger partial charge in [0.05, 0.1) is 50.1 Å². The van der Waals surface area contributed by atoms with E-state index in [4.69, 9.17) is 9.47 Å². The minimum absolute atomic E-state index is 0.0357. The standard InChI is InChI=1S/2C17H16O3/c2*18-16(19)10-17(14-7-2-1-3-8-14)12-20-11-13-6-4-5-9-15(13)17/h2*1-9H,10-12H2,(H,18,19)/t17-;/m1./s1. The summed E-state index contributed by atoms with van der Waals surface area (Å²) in [7, 11) is 0. The minimum Gasteiger partial charge on any atom is -0.481 e. The van der Waals surface area contributed by atoms with Crippen LogP contribution in [-0.4, -0.2) is 35.4 Å². The molecule has 2 heterocycles. The Kier molecular flexibility index (Phi) is 8.10. The molecule has 4 aromatic carbocycles. The number of carboxylic acid groups (broad SMARTS) is 2. The van der Waals surface area contributed by atoms with Crippen LogP contribution < -0.4 is 0 Å². The van der Waals surface area contributed by atoms with Crippen LogP contribution in [0.4, 0.5) is 0 Å². The van der Waals surface area contributed by atoms with Gasteiger partial charge in [0.25, 0.3) is 0 Å². The van der Waals surface area contributed by atoms with Crippen molar-refractivity contribution in [2.75, 3.05) is 13.2 Å². The zero-order chi connectivity index (χ0) is 28.0. The van der Waals surface area contributed by atoms with Gasteiger partial charge in [0.2, 0.25) is 0 Å². The molecule has 0 aromatic heterocycles. The number of carbonyl (C=O) groups is 2. The van der Waals surface area contributed by atoms with Gasteiger partial charge in [-0.2, -0.15) is 0 Å². The first-order valence-corrected chi connectivity index (χ1v) is 13.3. The zero-order valence-corrected chi connectivity index (χ0v) is 22.2. The van der Waals surface area contributed by atoms with Gasteiger partial charge < -0.3 is 19.7 Å². The lowest BCUT2D eigenvalue weighted by molar-refractivity contribution is -0.140. The van der Waals surface area contributed by atoms with Gasteiger partial charge >= 0.3 is 11.9 Å². The van der Waals surface area contributed by atoms with Crippen LogP contribution in [0, 0.1) is 0 Å². The average Bonchev–Trinajstić information content (AvgIpc) is 2.98. The van der Waals surface area contributed by atoms with Crippen LogP contribution in [-0.2, 0) is 43.1 Å². The predicted octanol–water partition coefficient (Wildman–Crippen LogP) is 5.96. The Morgan fingerprint density at radius 3 is 1.27 bits per heavy atom. The summed E-state index contributed by atoms with van der Waals surface area (Å²) in [5.74, 6) is -1.62. The zero-order valence-electron chi connectivity index (χ0n) is 22.2. The lowest BCUT2D eigenvalue weighted by Gasteiger charge is -2.38. The number of benzene rings is 4. The van der Waals surface area contributed by atoms with E-state index in [1.807, 2.05) is 109 Å². The molecule has 0 aliphatic carbocycles. The van der Waals surface area contributed by atoms with Crippen molar-refractivity contribution in [1.82, 2.24) is 0 Å². The molecule has 0 saturated carbocycles. The van der Waals surface area contributed by atoms with Crippen LogP contribution in [0.15, 0.2) is 109 Å². The molecule has 1 unspecified atom stereocenters. The number of hydrogen-bond donors (Lipinski definition) is 2. The molecule has 6 heteroatoms. The first-order valence-electron chi connectivity index (χ1n) is 13.3. The molecule has 2 aliphatic heterocycles. The van der Waals surface area contributed by atoms with E-state index in [9.17, 15) is 19.8 Å². The Labute approximate surface area is 233 Å². The first-order chi connectivity index (χ1) is 19.4. The normalized spacial score (nSPS) is 21.2. The Morgan fingerprint density at radius 1 is 0.550 bits per heavy atom. The molecular weight excluding hydrogens is 504 g/mol. The molecule has 2 atom stereocenters. The second kappa shape index (κ2) is 11.9. The highest BCUT2D eigenvalue weighted by Crippen LogP contribution is 2.42. The largest absolute Gasteiger partial charge is 0.481 e. The van der Waals surface area contributed by atoms with Crippen molar-refractivity contribution in [3.63, 3.8) is 0 Å². The van der Waals surface area contributed by atoms with Crippen molar-refractivity contribution in [3.05, 3.63) is 143 Å². The number of hydrogen-bond acceptors (Lipinski definition) is 4. The molecule has 0 saturated heterocycles. The quantitative estimate of drug-likeness (QED) is 0.316. The number of fused-ring (bicyclic) bond motifs is 2. The Bertz CT molecular complexity index is 1360. The highest BCUT2D eigenvalue weighted by molar-refractivity contribution is 5.72. The summed E-state index contributed by atoms with van der Waals surface area (Å²) in [6.45, 7) is 1.90. The highest BCUT2D eigenvalue weighted by atomic mass is 16.5. The summed E-state index contributed by atoms with van der Waals surface area (Å²) < 4.78 is 11.4. The van der Waals surface area contributed by atoms with Crippen molar-refractivity contribution in [2.45, 2.75) is 36.9 Å². The monoisotopic (exact) mass is 536 g/mol. The third-order valence-electron chi connectivity index (χ3n) is 7.84. The van der Waals surface area contributed by atoms with Crippen LogP contribution in [0.1, 0.15) is 46.2 Å². The summed E-state index contributed by atoms with van der Waals surface area (Å²) in [5, 5.41) is 18.7. The number of aliphatic carboxylic acids is 2. The summed E-state index contributed by atoms with van der Waals surface area (Å²) in [5.41, 5.74) is 5.08. The lowest BCUT2D eigenvalue weighted by Crippen LogP contribution is -2.39. The fourth-order valence-electron chi connectivity index (χ4n) is 6.06. The fraction of sp³-hybridized carbons (Fsp3) is 0.235. The van der Waals surface area contributed by atoms with Gasteiger partial charge in [0.15, 0.2) is 0 Å². The topological polar surface area (TPSA) is 93.1 Å². The maximum atomic E-state index is 11.4. The van der Waals surface area contributed by atoms with E-state index in [1.165, 1.54) is 0 Å². The van der Waals surface area contributed by atoms with E-state index < -0.39 is 22.8 Å². The summed E-state index contributed by atoms with van der Waals surface area (Å²) in [6.07, 6.45) is 0.0715. The van der Waals surface area contributed by atoms with Gasteiger partial charge in [0, 0.05) is 0 Å².